The van der Waals surface area contributed by atoms with Crippen molar-refractivity contribution in [3.8, 4) is 0 Å². The van der Waals surface area contributed by atoms with Crippen LogP contribution in [0.2, 0.25) is 0 Å². The summed E-state index contributed by atoms with van der Waals surface area (Å²) in [5.41, 5.74) is 1.70. The molecule has 0 fully saturated rings. The van der Waals surface area contributed by atoms with E-state index in [2.05, 4.69) is 28.8 Å². The lowest BCUT2D eigenvalue weighted by molar-refractivity contribution is 0.927. The molecule has 88 valence electrons. The summed E-state index contributed by atoms with van der Waals surface area (Å²) in [5, 5.41) is 0. The number of aromatic nitrogens is 4. The lowest BCUT2D eigenvalue weighted by atomic mass is 10.5. The molecule has 0 aromatic carbocycles. The Morgan fingerprint density at radius 3 is 2.38 bits per heavy atom. The Morgan fingerprint density at radius 1 is 1.19 bits per heavy atom. The maximum Gasteiger partial charge on any atom is 0.165 e. The molecule has 0 radical (unpaired) electrons. The van der Waals surface area contributed by atoms with Crippen LogP contribution in [0, 0.1) is 0 Å². The van der Waals surface area contributed by atoms with Crippen LogP contribution in [0.15, 0.2) is 12.7 Å². The van der Waals surface area contributed by atoms with Gasteiger partial charge in [0.2, 0.25) is 0 Å². The molecule has 0 aliphatic rings. The van der Waals surface area contributed by atoms with Crippen LogP contribution in [0.25, 0.3) is 11.2 Å². The van der Waals surface area contributed by atoms with Gasteiger partial charge in [-0.3, -0.25) is 0 Å². The number of fused-ring (bicyclic) bond motifs is 1. The Kier molecular flexibility index (Phi) is 4.22. The number of anilines is 1. The molecule has 0 aliphatic heterocycles. The predicted octanol–water partition coefficient (Wildman–Crippen LogP) is 1.85. The second-order valence-corrected chi connectivity index (χ2v) is 3.83. The maximum absolute atomic E-state index is 4.24. The summed E-state index contributed by atoms with van der Waals surface area (Å²) < 4.78 is 1.88. The van der Waals surface area contributed by atoms with Crippen molar-refractivity contribution in [1.29, 1.82) is 0 Å². The zero-order chi connectivity index (χ0) is 12.1. The standard InChI is InChI=1S/C8H11N5.C3H8/c1-12(2)7-6-8(10-4-9-7)13(3)5-11-6;1-3-2/h4-5H,1-3H3;3H2,1-2H3. The van der Waals surface area contributed by atoms with Crippen molar-refractivity contribution in [2.75, 3.05) is 19.0 Å². The van der Waals surface area contributed by atoms with Gasteiger partial charge in [-0.15, -0.1) is 0 Å². The zero-order valence-electron chi connectivity index (χ0n) is 10.6. The molecule has 5 heteroatoms. The number of hydrogen-bond acceptors (Lipinski definition) is 4. The Bertz CT molecular complexity index is 447. The summed E-state index contributed by atoms with van der Waals surface area (Å²) >= 11 is 0. The van der Waals surface area contributed by atoms with E-state index >= 15 is 0 Å². The third-order valence-electron chi connectivity index (χ3n) is 1.90. The van der Waals surface area contributed by atoms with Crippen molar-refractivity contribution >= 4 is 17.0 Å². The second kappa shape index (κ2) is 5.44. The van der Waals surface area contributed by atoms with Crippen LogP contribution in [-0.4, -0.2) is 33.6 Å². The SMILES string of the molecule is CCC.CN(C)c1ncnc2c1ncn2C. The van der Waals surface area contributed by atoms with Gasteiger partial charge in [0.15, 0.2) is 17.0 Å². The van der Waals surface area contributed by atoms with Crippen LogP contribution in [-0.2, 0) is 7.05 Å². The topological polar surface area (TPSA) is 46.8 Å². The first-order valence-corrected chi connectivity index (χ1v) is 5.41. The molecular formula is C11H19N5. The van der Waals surface area contributed by atoms with Crippen molar-refractivity contribution in [3.05, 3.63) is 12.7 Å². The molecule has 2 aromatic rings. The highest BCUT2D eigenvalue weighted by molar-refractivity contribution is 5.82. The highest BCUT2D eigenvalue weighted by Crippen LogP contribution is 2.17. The maximum atomic E-state index is 4.24. The van der Waals surface area contributed by atoms with E-state index in [4.69, 9.17) is 0 Å². The quantitative estimate of drug-likeness (QED) is 0.737. The summed E-state index contributed by atoms with van der Waals surface area (Å²) in [6, 6.07) is 0. The summed E-state index contributed by atoms with van der Waals surface area (Å²) in [5.74, 6) is 0.852. The minimum Gasteiger partial charge on any atom is -0.361 e. The van der Waals surface area contributed by atoms with E-state index in [0.29, 0.717) is 0 Å². The zero-order valence-corrected chi connectivity index (χ0v) is 10.6. The molecule has 0 aliphatic carbocycles. The average molecular weight is 221 g/mol. The molecule has 0 bridgehead atoms. The molecule has 0 spiro atoms. The molecule has 0 atom stereocenters. The summed E-state index contributed by atoms with van der Waals surface area (Å²) in [6.45, 7) is 4.25. The largest absolute Gasteiger partial charge is 0.361 e. The summed E-state index contributed by atoms with van der Waals surface area (Å²) in [7, 11) is 5.80. The van der Waals surface area contributed by atoms with Gasteiger partial charge in [0.1, 0.15) is 6.33 Å². The molecule has 2 heterocycles. The van der Waals surface area contributed by atoms with Gasteiger partial charge in [0.25, 0.3) is 0 Å². The highest BCUT2D eigenvalue weighted by atomic mass is 15.2. The molecule has 0 amide bonds. The molecular weight excluding hydrogens is 202 g/mol. The molecule has 16 heavy (non-hydrogen) atoms. The minimum absolute atomic E-state index is 0.843. The first-order chi connectivity index (χ1) is 7.61. The average Bonchev–Trinajstić information content (AvgIpc) is 2.61. The van der Waals surface area contributed by atoms with Gasteiger partial charge in [0.05, 0.1) is 6.33 Å². The van der Waals surface area contributed by atoms with Crippen molar-refractivity contribution in [3.63, 3.8) is 0 Å². The molecule has 0 N–H and O–H groups in total. The fourth-order valence-electron chi connectivity index (χ4n) is 1.26. The van der Waals surface area contributed by atoms with Crippen LogP contribution < -0.4 is 4.90 Å². The number of nitrogens with zero attached hydrogens (tertiary/aromatic N) is 5. The van der Waals surface area contributed by atoms with E-state index < -0.39 is 0 Å². The lowest BCUT2D eigenvalue weighted by Crippen LogP contribution is -2.11. The van der Waals surface area contributed by atoms with E-state index in [1.165, 1.54) is 6.42 Å². The number of rotatable bonds is 1. The van der Waals surface area contributed by atoms with Crippen LogP contribution >= 0.6 is 0 Å². The Balaban J connectivity index is 0.000000386. The first-order valence-electron chi connectivity index (χ1n) is 5.41. The van der Waals surface area contributed by atoms with Crippen molar-refractivity contribution in [1.82, 2.24) is 19.5 Å². The van der Waals surface area contributed by atoms with Gasteiger partial charge in [0, 0.05) is 21.1 Å². The van der Waals surface area contributed by atoms with Gasteiger partial charge >= 0.3 is 0 Å². The van der Waals surface area contributed by atoms with Gasteiger partial charge in [-0.1, -0.05) is 20.3 Å². The van der Waals surface area contributed by atoms with Crippen LogP contribution in [0.3, 0.4) is 0 Å². The van der Waals surface area contributed by atoms with Gasteiger partial charge in [-0.05, 0) is 0 Å². The molecule has 2 aromatic heterocycles. The van der Waals surface area contributed by atoms with Crippen LogP contribution in [0.5, 0.6) is 0 Å². The van der Waals surface area contributed by atoms with E-state index in [-0.39, 0.29) is 0 Å². The van der Waals surface area contributed by atoms with Crippen LogP contribution in [0.1, 0.15) is 20.3 Å². The third kappa shape index (κ3) is 2.48. The third-order valence-corrected chi connectivity index (χ3v) is 1.90. The molecule has 0 saturated carbocycles. The smallest absolute Gasteiger partial charge is 0.165 e. The first kappa shape index (κ1) is 12.4. The lowest BCUT2D eigenvalue weighted by Gasteiger charge is -2.10. The molecule has 5 nitrogen and oxygen atoms in total. The molecule has 0 saturated heterocycles. The fourth-order valence-corrected chi connectivity index (χ4v) is 1.26. The van der Waals surface area contributed by atoms with E-state index in [1.807, 2.05) is 30.6 Å². The Hall–Kier alpha value is -1.65. The van der Waals surface area contributed by atoms with Gasteiger partial charge in [-0.2, -0.15) is 0 Å². The number of imidazole rings is 1. The number of hydrogen-bond donors (Lipinski definition) is 0. The highest BCUT2D eigenvalue weighted by Gasteiger charge is 2.08. The van der Waals surface area contributed by atoms with Gasteiger partial charge < -0.3 is 9.47 Å². The monoisotopic (exact) mass is 221 g/mol. The van der Waals surface area contributed by atoms with Crippen LogP contribution in [0.4, 0.5) is 5.82 Å². The Morgan fingerprint density at radius 2 is 1.81 bits per heavy atom. The Labute approximate surface area is 96.1 Å². The minimum atomic E-state index is 0.843. The molecule has 0 unspecified atom stereocenters. The number of aryl methyl sites for hydroxylation is 1. The van der Waals surface area contributed by atoms with E-state index in [9.17, 15) is 0 Å². The summed E-state index contributed by atoms with van der Waals surface area (Å²) in [4.78, 5) is 14.5. The normalized spacial score (nSPS) is 9.81. The van der Waals surface area contributed by atoms with Crippen molar-refractivity contribution in [2.24, 2.45) is 7.05 Å². The predicted molar refractivity (Wildman–Crippen MR) is 66.6 cm³/mol. The van der Waals surface area contributed by atoms with Crippen molar-refractivity contribution < 1.29 is 0 Å². The van der Waals surface area contributed by atoms with Crippen molar-refractivity contribution in [2.45, 2.75) is 20.3 Å². The van der Waals surface area contributed by atoms with E-state index in [0.717, 1.165) is 17.0 Å². The van der Waals surface area contributed by atoms with E-state index in [1.54, 1.807) is 12.7 Å². The molecule has 2 rings (SSSR count). The fraction of sp³-hybridized carbons (Fsp3) is 0.545. The summed E-state index contributed by atoms with van der Waals surface area (Å²) in [6.07, 6.45) is 4.55. The second-order valence-electron chi connectivity index (χ2n) is 3.83. The van der Waals surface area contributed by atoms with Gasteiger partial charge in [-0.25, -0.2) is 15.0 Å².